The molecular weight excluding hydrogens is 300 g/mol. The first-order chi connectivity index (χ1) is 11.8. The highest BCUT2D eigenvalue weighted by molar-refractivity contribution is 5.94. The van der Waals surface area contributed by atoms with E-state index in [-0.39, 0.29) is 5.91 Å². The van der Waals surface area contributed by atoms with E-state index in [2.05, 4.69) is 26.6 Å². The van der Waals surface area contributed by atoms with E-state index in [1.165, 1.54) is 0 Å². The first kappa shape index (κ1) is 14.4. The molecule has 24 heavy (non-hydrogen) atoms. The van der Waals surface area contributed by atoms with Crippen molar-refractivity contribution in [3.8, 4) is 0 Å². The number of aryl methyl sites for hydroxylation is 1. The fourth-order valence-electron chi connectivity index (χ4n) is 2.89. The number of pyridine rings is 1. The molecule has 0 aliphatic rings. The van der Waals surface area contributed by atoms with Gasteiger partial charge in [-0.25, -0.2) is 0 Å². The highest BCUT2D eigenvalue weighted by Gasteiger charge is 2.07. The number of aromatic amines is 1. The van der Waals surface area contributed by atoms with Crippen molar-refractivity contribution in [1.82, 2.24) is 15.2 Å². The molecule has 5 heteroatoms. The standard InChI is InChI=1S/C19H16N4O/c24-19(22-16-6-4-15-12-21-23-18(15)10-16)7-5-13-2-1-3-14-11-20-9-8-17(13)14/h1-4,6,8-12H,5,7H2,(H,21,23)(H,22,24). The molecule has 0 saturated heterocycles. The Morgan fingerprint density at radius 1 is 1.08 bits per heavy atom. The van der Waals surface area contributed by atoms with Crippen LogP contribution in [0.1, 0.15) is 12.0 Å². The monoisotopic (exact) mass is 316 g/mol. The Morgan fingerprint density at radius 2 is 2.04 bits per heavy atom. The van der Waals surface area contributed by atoms with Crippen molar-refractivity contribution < 1.29 is 4.79 Å². The number of H-pyrrole nitrogens is 1. The molecule has 0 atom stereocenters. The van der Waals surface area contributed by atoms with E-state index >= 15 is 0 Å². The Bertz CT molecular complexity index is 1020. The zero-order valence-electron chi connectivity index (χ0n) is 13.0. The summed E-state index contributed by atoms with van der Waals surface area (Å²) in [7, 11) is 0. The van der Waals surface area contributed by atoms with Crippen LogP contribution in [0.15, 0.2) is 61.1 Å². The lowest BCUT2D eigenvalue weighted by Crippen LogP contribution is -2.12. The summed E-state index contributed by atoms with van der Waals surface area (Å²) in [4.78, 5) is 16.4. The van der Waals surface area contributed by atoms with Gasteiger partial charge in [0, 0.05) is 35.3 Å². The van der Waals surface area contributed by atoms with E-state index < -0.39 is 0 Å². The number of rotatable bonds is 4. The Morgan fingerprint density at radius 3 is 3.00 bits per heavy atom. The molecule has 0 spiro atoms. The third-order valence-electron chi connectivity index (χ3n) is 4.12. The predicted octanol–water partition coefficient (Wildman–Crippen LogP) is 3.68. The molecule has 118 valence electrons. The van der Waals surface area contributed by atoms with Gasteiger partial charge in [0.15, 0.2) is 0 Å². The third kappa shape index (κ3) is 2.84. The summed E-state index contributed by atoms with van der Waals surface area (Å²) < 4.78 is 0. The number of benzene rings is 2. The summed E-state index contributed by atoms with van der Waals surface area (Å²) >= 11 is 0. The Labute approximate surface area is 138 Å². The minimum Gasteiger partial charge on any atom is -0.326 e. The van der Waals surface area contributed by atoms with Gasteiger partial charge in [0.1, 0.15) is 0 Å². The van der Waals surface area contributed by atoms with Gasteiger partial charge in [0.25, 0.3) is 0 Å². The van der Waals surface area contributed by atoms with Crippen LogP contribution in [0.2, 0.25) is 0 Å². The second-order valence-corrected chi connectivity index (χ2v) is 5.73. The number of aromatic nitrogens is 3. The van der Waals surface area contributed by atoms with Crippen LogP contribution in [0.4, 0.5) is 5.69 Å². The topological polar surface area (TPSA) is 70.7 Å². The van der Waals surface area contributed by atoms with E-state index in [1.807, 2.05) is 42.6 Å². The average molecular weight is 316 g/mol. The number of nitrogens with zero attached hydrogens (tertiary/aromatic N) is 2. The van der Waals surface area contributed by atoms with Crippen molar-refractivity contribution >= 4 is 33.3 Å². The normalized spacial score (nSPS) is 11.0. The number of carbonyl (C=O) groups excluding carboxylic acids is 1. The quantitative estimate of drug-likeness (QED) is 0.603. The highest BCUT2D eigenvalue weighted by Crippen LogP contribution is 2.20. The molecular formula is C19H16N4O. The number of nitrogens with one attached hydrogen (secondary N) is 2. The second kappa shape index (κ2) is 6.12. The molecule has 0 aliphatic heterocycles. The number of fused-ring (bicyclic) bond motifs is 2. The lowest BCUT2D eigenvalue weighted by Gasteiger charge is -2.07. The number of hydrogen-bond acceptors (Lipinski definition) is 3. The van der Waals surface area contributed by atoms with Crippen molar-refractivity contribution in [3.05, 3.63) is 66.6 Å². The lowest BCUT2D eigenvalue weighted by atomic mass is 10.0. The van der Waals surface area contributed by atoms with Gasteiger partial charge < -0.3 is 5.32 Å². The highest BCUT2D eigenvalue weighted by atomic mass is 16.1. The SMILES string of the molecule is O=C(CCc1cccc2cnccc12)Nc1ccc2cn[nH]c2c1. The Balaban J connectivity index is 1.46. The van der Waals surface area contributed by atoms with E-state index in [0.717, 1.165) is 32.9 Å². The van der Waals surface area contributed by atoms with Crippen LogP contribution in [0, 0.1) is 0 Å². The van der Waals surface area contributed by atoms with Gasteiger partial charge in [0.2, 0.25) is 5.91 Å². The van der Waals surface area contributed by atoms with Crippen LogP contribution < -0.4 is 5.32 Å². The summed E-state index contributed by atoms with van der Waals surface area (Å²) in [5.74, 6) is -0.0000699. The number of hydrogen-bond donors (Lipinski definition) is 2. The van der Waals surface area contributed by atoms with Crippen LogP contribution in [0.25, 0.3) is 21.7 Å². The molecule has 0 radical (unpaired) electrons. The molecule has 0 unspecified atom stereocenters. The molecule has 1 amide bonds. The molecule has 4 aromatic rings. The summed E-state index contributed by atoms with van der Waals surface area (Å²) in [5, 5.41) is 13.1. The summed E-state index contributed by atoms with van der Waals surface area (Å²) in [6.45, 7) is 0. The van der Waals surface area contributed by atoms with Crippen LogP contribution in [0.3, 0.4) is 0 Å². The summed E-state index contributed by atoms with van der Waals surface area (Å²) in [6, 6.07) is 13.8. The van der Waals surface area contributed by atoms with Crippen molar-refractivity contribution in [2.75, 3.05) is 5.32 Å². The number of carbonyl (C=O) groups is 1. The van der Waals surface area contributed by atoms with E-state index in [4.69, 9.17) is 0 Å². The fourth-order valence-corrected chi connectivity index (χ4v) is 2.89. The van der Waals surface area contributed by atoms with Gasteiger partial charge in [-0.3, -0.25) is 14.9 Å². The van der Waals surface area contributed by atoms with Gasteiger partial charge in [-0.2, -0.15) is 5.10 Å². The number of anilines is 1. The summed E-state index contributed by atoms with van der Waals surface area (Å²) in [5.41, 5.74) is 2.85. The Kier molecular flexibility index (Phi) is 3.67. The molecule has 0 fully saturated rings. The minimum atomic E-state index is -0.0000699. The van der Waals surface area contributed by atoms with E-state index in [9.17, 15) is 4.79 Å². The van der Waals surface area contributed by atoms with Crippen LogP contribution in [-0.4, -0.2) is 21.1 Å². The smallest absolute Gasteiger partial charge is 0.224 e. The predicted molar refractivity (Wildman–Crippen MR) is 94.8 cm³/mol. The third-order valence-corrected chi connectivity index (χ3v) is 4.12. The molecule has 0 aliphatic carbocycles. The zero-order chi connectivity index (χ0) is 16.4. The average Bonchev–Trinajstić information content (AvgIpc) is 3.07. The van der Waals surface area contributed by atoms with Crippen molar-refractivity contribution in [2.45, 2.75) is 12.8 Å². The van der Waals surface area contributed by atoms with E-state index in [0.29, 0.717) is 12.8 Å². The number of amides is 1. The second-order valence-electron chi connectivity index (χ2n) is 5.73. The summed E-state index contributed by atoms with van der Waals surface area (Å²) in [6.07, 6.45) is 6.52. The van der Waals surface area contributed by atoms with E-state index in [1.54, 1.807) is 12.4 Å². The van der Waals surface area contributed by atoms with Crippen molar-refractivity contribution in [1.29, 1.82) is 0 Å². The first-order valence-corrected chi connectivity index (χ1v) is 7.84. The van der Waals surface area contributed by atoms with Crippen LogP contribution in [-0.2, 0) is 11.2 Å². The van der Waals surface area contributed by atoms with Crippen molar-refractivity contribution in [2.24, 2.45) is 0 Å². The maximum absolute atomic E-state index is 12.2. The fraction of sp³-hybridized carbons (Fsp3) is 0.105. The van der Waals surface area contributed by atoms with Crippen molar-refractivity contribution in [3.63, 3.8) is 0 Å². The van der Waals surface area contributed by atoms with Gasteiger partial charge in [-0.15, -0.1) is 0 Å². The first-order valence-electron chi connectivity index (χ1n) is 7.84. The van der Waals surface area contributed by atoms with Crippen LogP contribution >= 0.6 is 0 Å². The molecule has 2 aromatic heterocycles. The van der Waals surface area contributed by atoms with Gasteiger partial charge in [-0.1, -0.05) is 18.2 Å². The molecule has 2 N–H and O–H groups in total. The van der Waals surface area contributed by atoms with Gasteiger partial charge >= 0.3 is 0 Å². The lowest BCUT2D eigenvalue weighted by molar-refractivity contribution is -0.116. The molecule has 0 bridgehead atoms. The Hall–Kier alpha value is -3.21. The minimum absolute atomic E-state index is 0.0000699. The van der Waals surface area contributed by atoms with Gasteiger partial charge in [0.05, 0.1) is 11.7 Å². The van der Waals surface area contributed by atoms with Gasteiger partial charge in [-0.05, 0) is 41.6 Å². The maximum atomic E-state index is 12.2. The van der Waals surface area contributed by atoms with Crippen LogP contribution in [0.5, 0.6) is 0 Å². The molecule has 5 nitrogen and oxygen atoms in total. The molecule has 0 saturated carbocycles. The molecule has 2 aromatic carbocycles. The largest absolute Gasteiger partial charge is 0.326 e. The molecule has 2 heterocycles. The zero-order valence-corrected chi connectivity index (χ0v) is 13.0. The molecule has 4 rings (SSSR count). The maximum Gasteiger partial charge on any atom is 0.224 e.